The fourth-order valence-electron chi connectivity index (χ4n) is 3.16. The molecule has 0 radical (unpaired) electrons. The normalized spacial score (nSPS) is 17.2. The van der Waals surface area contributed by atoms with Crippen LogP contribution in [0.4, 0.5) is 0 Å². The number of hydrogen-bond acceptors (Lipinski definition) is 2. The molecule has 1 unspecified atom stereocenters. The number of carbonyl (C=O) groups excluding carboxylic acids is 1. The van der Waals surface area contributed by atoms with Crippen molar-refractivity contribution in [2.24, 2.45) is 10.9 Å². The molecule has 2 N–H and O–H groups in total. The molecule has 0 saturated carbocycles. The van der Waals surface area contributed by atoms with Crippen molar-refractivity contribution < 1.29 is 4.79 Å². The fraction of sp³-hybridized carbons (Fsp3) is 0.600. The number of guanidine groups is 1. The van der Waals surface area contributed by atoms with Crippen LogP contribution in [-0.4, -0.2) is 50.0 Å². The largest absolute Gasteiger partial charge is 0.356 e. The predicted octanol–water partition coefficient (Wildman–Crippen LogP) is 3.05. The van der Waals surface area contributed by atoms with Crippen molar-refractivity contribution in [3.05, 3.63) is 35.9 Å². The van der Waals surface area contributed by atoms with Gasteiger partial charge in [0.15, 0.2) is 5.96 Å². The Morgan fingerprint density at radius 1 is 1.23 bits per heavy atom. The summed E-state index contributed by atoms with van der Waals surface area (Å²) in [6.07, 6.45) is 5.17. The van der Waals surface area contributed by atoms with Gasteiger partial charge in [-0.2, -0.15) is 0 Å². The Morgan fingerprint density at radius 2 is 2.00 bits per heavy atom. The Morgan fingerprint density at radius 3 is 2.69 bits per heavy atom. The van der Waals surface area contributed by atoms with E-state index in [1.807, 2.05) is 23.1 Å². The van der Waals surface area contributed by atoms with Crippen LogP contribution in [0.1, 0.15) is 38.2 Å². The number of hydrogen-bond donors (Lipinski definition) is 2. The van der Waals surface area contributed by atoms with Gasteiger partial charge in [0.05, 0.1) is 0 Å². The van der Waals surface area contributed by atoms with Gasteiger partial charge in [-0.25, -0.2) is 0 Å². The number of halogens is 1. The number of rotatable bonds is 9. The van der Waals surface area contributed by atoms with E-state index in [-0.39, 0.29) is 29.9 Å². The molecule has 146 valence electrons. The molecule has 0 aromatic heterocycles. The SMILES string of the molecule is CCCCCNC(=NC)NCC1CC(=O)N(CCc2ccccc2)C1.I. The second kappa shape index (κ2) is 12.9. The van der Waals surface area contributed by atoms with Crippen molar-refractivity contribution in [2.45, 2.75) is 39.0 Å². The maximum absolute atomic E-state index is 12.2. The monoisotopic (exact) mass is 472 g/mol. The van der Waals surface area contributed by atoms with Crippen LogP contribution < -0.4 is 10.6 Å². The maximum atomic E-state index is 12.2. The van der Waals surface area contributed by atoms with Crippen molar-refractivity contribution in [1.29, 1.82) is 0 Å². The van der Waals surface area contributed by atoms with Crippen LogP contribution in [0.2, 0.25) is 0 Å². The number of nitrogens with one attached hydrogen (secondary N) is 2. The molecule has 1 aliphatic heterocycles. The highest BCUT2D eigenvalue weighted by Crippen LogP contribution is 2.17. The van der Waals surface area contributed by atoms with E-state index in [2.05, 4.69) is 34.7 Å². The van der Waals surface area contributed by atoms with Crippen molar-refractivity contribution in [3.8, 4) is 0 Å². The molecule has 1 aromatic carbocycles. The molecule has 5 nitrogen and oxygen atoms in total. The lowest BCUT2D eigenvalue weighted by Gasteiger charge is -2.18. The molecule has 0 aliphatic carbocycles. The molecule has 0 spiro atoms. The van der Waals surface area contributed by atoms with Gasteiger partial charge in [-0.3, -0.25) is 9.79 Å². The summed E-state index contributed by atoms with van der Waals surface area (Å²) in [6.45, 7) is 5.59. The Kier molecular flexibility index (Phi) is 11.3. The Hall–Kier alpha value is -1.31. The van der Waals surface area contributed by atoms with Crippen molar-refractivity contribution >= 4 is 35.8 Å². The molecule has 26 heavy (non-hydrogen) atoms. The van der Waals surface area contributed by atoms with Crippen LogP contribution >= 0.6 is 24.0 Å². The first-order valence-corrected chi connectivity index (χ1v) is 9.49. The van der Waals surface area contributed by atoms with E-state index >= 15 is 0 Å². The van der Waals surface area contributed by atoms with Crippen LogP contribution in [-0.2, 0) is 11.2 Å². The van der Waals surface area contributed by atoms with E-state index in [9.17, 15) is 4.79 Å². The molecule has 1 atom stereocenters. The van der Waals surface area contributed by atoms with Crippen molar-refractivity contribution in [1.82, 2.24) is 15.5 Å². The summed E-state index contributed by atoms with van der Waals surface area (Å²) < 4.78 is 0. The number of nitrogens with zero attached hydrogens (tertiary/aromatic N) is 2. The second-order valence-electron chi connectivity index (χ2n) is 6.73. The summed E-state index contributed by atoms with van der Waals surface area (Å²) in [5.41, 5.74) is 1.29. The van der Waals surface area contributed by atoms with Gasteiger partial charge in [0.25, 0.3) is 0 Å². The van der Waals surface area contributed by atoms with Gasteiger partial charge in [0, 0.05) is 45.6 Å². The van der Waals surface area contributed by atoms with Gasteiger partial charge in [0.1, 0.15) is 0 Å². The van der Waals surface area contributed by atoms with Gasteiger partial charge in [0.2, 0.25) is 5.91 Å². The van der Waals surface area contributed by atoms with Crippen molar-refractivity contribution in [2.75, 3.05) is 33.2 Å². The first-order chi connectivity index (χ1) is 12.2. The smallest absolute Gasteiger partial charge is 0.223 e. The van der Waals surface area contributed by atoms with Gasteiger partial charge >= 0.3 is 0 Å². The van der Waals surface area contributed by atoms with Gasteiger partial charge < -0.3 is 15.5 Å². The number of carbonyl (C=O) groups is 1. The highest BCUT2D eigenvalue weighted by atomic mass is 127. The third-order valence-corrected chi connectivity index (χ3v) is 4.66. The van der Waals surface area contributed by atoms with Crippen LogP contribution in [0.3, 0.4) is 0 Å². The maximum Gasteiger partial charge on any atom is 0.223 e. The number of aliphatic imine (C=N–C) groups is 1. The van der Waals surface area contributed by atoms with E-state index in [0.29, 0.717) is 12.3 Å². The molecule has 2 rings (SSSR count). The first kappa shape index (κ1) is 22.7. The minimum absolute atomic E-state index is 0. The lowest BCUT2D eigenvalue weighted by Crippen LogP contribution is -2.40. The van der Waals surface area contributed by atoms with E-state index < -0.39 is 0 Å². The fourth-order valence-corrected chi connectivity index (χ4v) is 3.16. The summed E-state index contributed by atoms with van der Waals surface area (Å²) in [5.74, 6) is 1.47. The lowest BCUT2D eigenvalue weighted by atomic mass is 10.1. The predicted molar refractivity (Wildman–Crippen MR) is 119 cm³/mol. The number of likely N-dealkylation sites (tertiary alicyclic amines) is 1. The average Bonchev–Trinajstić information content (AvgIpc) is 3.00. The molecular weight excluding hydrogens is 439 g/mol. The topological polar surface area (TPSA) is 56.7 Å². The van der Waals surface area contributed by atoms with Crippen LogP contribution in [0, 0.1) is 5.92 Å². The summed E-state index contributed by atoms with van der Waals surface area (Å²) in [4.78, 5) is 18.5. The van der Waals surface area contributed by atoms with Gasteiger partial charge in [-0.1, -0.05) is 50.1 Å². The Balaban J connectivity index is 0.00000338. The summed E-state index contributed by atoms with van der Waals surface area (Å²) in [6, 6.07) is 10.4. The van der Waals surface area contributed by atoms with E-state index in [1.165, 1.54) is 18.4 Å². The molecule has 1 amide bonds. The number of unbranched alkanes of at least 4 members (excludes halogenated alkanes) is 2. The van der Waals surface area contributed by atoms with Gasteiger partial charge in [-0.05, 0) is 18.4 Å². The van der Waals surface area contributed by atoms with Crippen molar-refractivity contribution in [3.63, 3.8) is 0 Å². The summed E-state index contributed by atoms with van der Waals surface area (Å²) in [7, 11) is 1.79. The summed E-state index contributed by atoms with van der Waals surface area (Å²) >= 11 is 0. The first-order valence-electron chi connectivity index (χ1n) is 9.49. The minimum Gasteiger partial charge on any atom is -0.356 e. The van der Waals surface area contributed by atoms with Crippen LogP contribution in [0.25, 0.3) is 0 Å². The highest BCUT2D eigenvalue weighted by molar-refractivity contribution is 14.0. The Bertz CT molecular complexity index is 550. The molecule has 1 aliphatic rings. The molecule has 1 saturated heterocycles. The third-order valence-electron chi connectivity index (χ3n) is 4.66. The molecule has 6 heteroatoms. The third kappa shape index (κ3) is 7.93. The minimum atomic E-state index is 0. The van der Waals surface area contributed by atoms with E-state index in [4.69, 9.17) is 0 Å². The number of amides is 1. The quantitative estimate of drug-likeness (QED) is 0.252. The van der Waals surface area contributed by atoms with Crippen LogP contribution in [0.5, 0.6) is 0 Å². The highest BCUT2D eigenvalue weighted by Gasteiger charge is 2.29. The molecular formula is C20H33IN4O. The average molecular weight is 472 g/mol. The Labute approximate surface area is 175 Å². The van der Waals surface area contributed by atoms with E-state index in [1.54, 1.807) is 7.05 Å². The summed E-state index contributed by atoms with van der Waals surface area (Å²) in [5, 5.41) is 6.70. The zero-order valence-electron chi connectivity index (χ0n) is 16.0. The zero-order chi connectivity index (χ0) is 17.9. The molecule has 0 bridgehead atoms. The second-order valence-corrected chi connectivity index (χ2v) is 6.73. The molecule has 1 heterocycles. The zero-order valence-corrected chi connectivity index (χ0v) is 18.4. The van der Waals surface area contributed by atoms with Gasteiger partial charge in [-0.15, -0.1) is 24.0 Å². The number of benzene rings is 1. The van der Waals surface area contributed by atoms with Crippen LogP contribution in [0.15, 0.2) is 35.3 Å². The lowest BCUT2D eigenvalue weighted by molar-refractivity contribution is -0.127. The molecule has 1 aromatic rings. The molecule has 1 fully saturated rings. The van der Waals surface area contributed by atoms with E-state index in [0.717, 1.165) is 45.0 Å². The standard InChI is InChI=1S/C20H32N4O.HI/c1-3-4-8-12-22-20(21-2)23-15-18-14-19(25)24(16-18)13-11-17-9-6-5-7-10-17;/h5-7,9-10,18H,3-4,8,11-16H2,1-2H3,(H2,21,22,23);1H.